The third-order valence-electron chi connectivity index (χ3n) is 3.62. The Morgan fingerprint density at radius 2 is 2.47 bits per heavy atom. The van der Waals surface area contributed by atoms with Gasteiger partial charge in [0, 0.05) is 6.04 Å². The minimum absolute atomic E-state index is 0.0353. The quantitative estimate of drug-likeness (QED) is 0.791. The van der Waals surface area contributed by atoms with E-state index in [0.717, 1.165) is 31.5 Å². The summed E-state index contributed by atoms with van der Waals surface area (Å²) in [5.74, 6) is 0.813. The fourth-order valence-corrected chi connectivity index (χ4v) is 2.67. The number of H-pyrrole nitrogens is 1. The maximum Gasteiger partial charge on any atom is 0.308 e. The summed E-state index contributed by atoms with van der Waals surface area (Å²) in [5, 5.41) is 10.2. The van der Waals surface area contributed by atoms with Gasteiger partial charge in [-0.05, 0) is 33.1 Å². The fourth-order valence-electron chi connectivity index (χ4n) is 2.67. The summed E-state index contributed by atoms with van der Waals surface area (Å²) in [7, 11) is 0. The lowest BCUT2D eigenvalue weighted by Crippen LogP contribution is -2.38. The second-order valence-corrected chi connectivity index (χ2v) is 5.07. The van der Waals surface area contributed by atoms with Crippen molar-refractivity contribution in [2.75, 3.05) is 6.61 Å². The van der Waals surface area contributed by atoms with E-state index >= 15 is 0 Å². The van der Waals surface area contributed by atoms with E-state index in [9.17, 15) is 4.79 Å². The van der Waals surface area contributed by atoms with Gasteiger partial charge in [0.15, 0.2) is 0 Å². The third kappa shape index (κ3) is 3.76. The van der Waals surface area contributed by atoms with Crippen molar-refractivity contribution in [3.63, 3.8) is 0 Å². The molecule has 6 nitrogen and oxygen atoms in total. The van der Waals surface area contributed by atoms with Crippen molar-refractivity contribution >= 4 is 5.97 Å². The second kappa shape index (κ2) is 6.65. The molecule has 1 saturated carbocycles. The predicted octanol–water partition coefficient (Wildman–Crippen LogP) is 1.58. The van der Waals surface area contributed by atoms with Gasteiger partial charge in [0.2, 0.25) is 0 Å². The van der Waals surface area contributed by atoms with E-state index in [1.54, 1.807) is 0 Å². The number of hydrogen-bond acceptors (Lipinski definition) is 5. The van der Waals surface area contributed by atoms with Crippen molar-refractivity contribution in [3.8, 4) is 0 Å². The molecule has 0 aromatic carbocycles. The number of esters is 1. The maximum atomic E-state index is 11.8. The Bertz CT molecular complexity index is 393. The molecule has 2 rings (SSSR count). The smallest absolute Gasteiger partial charge is 0.308 e. The molecule has 1 aromatic heterocycles. The Labute approximate surface area is 113 Å². The Kier molecular flexibility index (Phi) is 4.90. The molecule has 0 aliphatic heterocycles. The van der Waals surface area contributed by atoms with Crippen LogP contribution in [0.25, 0.3) is 0 Å². The highest BCUT2D eigenvalue weighted by Crippen LogP contribution is 2.26. The second-order valence-electron chi connectivity index (χ2n) is 5.07. The van der Waals surface area contributed by atoms with Gasteiger partial charge in [0.05, 0.1) is 18.6 Å². The Balaban J connectivity index is 1.85. The van der Waals surface area contributed by atoms with Gasteiger partial charge in [-0.3, -0.25) is 9.89 Å². The zero-order chi connectivity index (χ0) is 13.7. The van der Waals surface area contributed by atoms with E-state index in [-0.39, 0.29) is 17.9 Å². The number of nitrogens with one attached hydrogen (secondary N) is 2. The molecule has 3 unspecified atom stereocenters. The standard InChI is InChI=1S/C13H22N4O2/c1-3-19-13(18)10-5-4-6-11(7-10)16-9(2)12-14-8-15-17-12/h8-11,16H,3-7H2,1-2H3,(H,14,15,17). The third-order valence-corrected chi connectivity index (χ3v) is 3.62. The molecule has 0 amide bonds. The van der Waals surface area contributed by atoms with E-state index in [0.29, 0.717) is 12.6 Å². The molecule has 1 aromatic rings. The van der Waals surface area contributed by atoms with Crippen LogP contribution < -0.4 is 5.32 Å². The zero-order valence-corrected chi connectivity index (χ0v) is 11.6. The summed E-state index contributed by atoms with van der Waals surface area (Å²) in [6.07, 6.45) is 5.44. The molecule has 0 radical (unpaired) electrons. The summed E-state index contributed by atoms with van der Waals surface area (Å²) in [6, 6.07) is 0.455. The van der Waals surface area contributed by atoms with Gasteiger partial charge in [0.1, 0.15) is 12.2 Å². The maximum absolute atomic E-state index is 11.8. The average Bonchev–Trinajstić information content (AvgIpc) is 2.93. The van der Waals surface area contributed by atoms with E-state index < -0.39 is 0 Å². The number of aromatic nitrogens is 3. The van der Waals surface area contributed by atoms with Crippen molar-refractivity contribution in [1.82, 2.24) is 20.5 Å². The lowest BCUT2D eigenvalue weighted by Gasteiger charge is -2.30. The minimum Gasteiger partial charge on any atom is -0.466 e. The first-order valence-electron chi connectivity index (χ1n) is 6.98. The number of hydrogen-bond donors (Lipinski definition) is 2. The largest absolute Gasteiger partial charge is 0.466 e. The number of nitrogens with zero attached hydrogens (tertiary/aromatic N) is 2. The Hall–Kier alpha value is -1.43. The summed E-state index contributed by atoms with van der Waals surface area (Å²) >= 11 is 0. The van der Waals surface area contributed by atoms with Gasteiger partial charge >= 0.3 is 5.97 Å². The van der Waals surface area contributed by atoms with Crippen LogP contribution in [-0.2, 0) is 9.53 Å². The van der Waals surface area contributed by atoms with Crippen LogP contribution in [0.4, 0.5) is 0 Å². The van der Waals surface area contributed by atoms with Gasteiger partial charge in [-0.15, -0.1) is 0 Å². The highest BCUT2D eigenvalue weighted by atomic mass is 16.5. The summed E-state index contributed by atoms with van der Waals surface area (Å²) < 4.78 is 5.11. The summed E-state index contributed by atoms with van der Waals surface area (Å²) in [5.41, 5.74) is 0. The average molecular weight is 266 g/mol. The predicted molar refractivity (Wildman–Crippen MR) is 70.3 cm³/mol. The van der Waals surface area contributed by atoms with Gasteiger partial charge in [0.25, 0.3) is 0 Å². The molecule has 19 heavy (non-hydrogen) atoms. The van der Waals surface area contributed by atoms with Crippen LogP contribution in [0.1, 0.15) is 51.4 Å². The van der Waals surface area contributed by atoms with Crippen molar-refractivity contribution in [3.05, 3.63) is 12.2 Å². The molecule has 3 atom stereocenters. The van der Waals surface area contributed by atoms with Crippen molar-refractivity contribution in [1.29, 1.82) is 0 Å². The Morgan fingerprint density at radius 3 is 3.16 bits per heavy atom. The van der Waals surface area contributed by atoms with Crippen molar-refractivity contribution in [2.45, 2.75) is 51.6 Å². The highest BCUT2D eigenvalue weighted by Gasteiger charge is 2.29. The van der Waals surface area contributed by atoms with Crippen LogP contribution in [0.15, 0.2) is 6.33 Å². The molecule has 0 spiro atoms. The molecule has 2 N–H and O–H groups in total. The number of ether oxygens (including phenoxy) is 1. The molecule has 0 saturated heterocycles. The molecule has 1 aliphatic carbocycles. The number of rotatable bonds is 5. The van der Waals surface area contributed by atoms with Gasteiger partial charge in [-0.1, -0.05) is 6.42 Å². The van der Waals surface area contributed by atoms with Crippen LogP contribution in [0.3, 0.4) is 0 Å². The van der Waals surface area contributed by atoms with Gasteiger partial charge in [-0.2, -0.15) is 5.10 Å². The fraction of sp³-hybridized carbons (Fsp3) is 0.769. The van der Waals surface area contributed by atoms with Crippen molar-refractivity contribution in [2.24, 2.45) is 5.92 Å². The monoisotopic (exact) mass is 266 g/mol. The SMILES string of the molecule is CCOC(=O)C1CCCC(NC(C)c2ncn[nH]2)C1. The first kappa shape index (κ1) is 14.0. The molecular formula is C13H22N4O2. The van der Waals surface area contributed by atoms with Crippen molar-refractivity contribution < 1.29 is 9.53 Å². The zero-order valence-electron chi connectivity index (χ0n) is 11.6. The van der Waals surface area contributed by atoms with Crippen LogP contribution in [0.5, 0.6) is 0 Å². The first-order chi connectivity index (χ1) is 9.20. The lowest BCUT2D eigenvalue weighted by molar-refractivity contribution is -0.149. The number of carbonyl (C=O) groups is 1. The number of carbonyl (C=O) groups excluding carboxylic acids is 1. The van der Waals surface area contributed by atoms with E-state index in [4.69, 9.17) is 4.74 Å². The summed E-state index contributed by atoms with van der Waals surface area (Å²) in [6.45, 7) is 4.36. The van der Waals surface area contributed by atoms with Gasteiger partial charge < -0.3 is 10.1 Å². The topological polar surface area (TPSA) is 79.9 Å². The lowest BCUT2D eigenvalue weighted by atomic mass is 9.85. The Morgan fingerprint density at radius 1 is 1.63 bits per heavy atom. The molecule has 1 heterocycles. The van der Waals surface area contributed by atoms with E-state index in [1.165, 1.54) is 6.33 Å². The normalized spacial score (nSPS) is 24.9. The van der Waals surface area contributed by atoms with E-state index in [2.05, 4.69) is 27.4 Å². The molecule has 0 bridgehead atoms. The van der Waals surface area contributed by atoms with E-state index in [1.807, 2.05) is 6.92 Å². The molecule has 1 aliphatic rings. The van der Waals surface area contributed by atoms with Crippen LogP contribution >= 0.6 is 0 Å². The van der Waals surface area contributed by atoms with Crippen LogP contribution in [0.2, 0.25) is 0 Å². The minimum atomic E-state index is -0.0543. The summed E-state index contributed by atoms with van der Waals surface area (Å²) in [4.78, 5) is 15.9. The molecular weight excluding hydrogens is 244 g/mol. The highest BCUT2D eigenvalue weighted by molar-refractivity contribution is 5.72. The molecule has 6 heteroatoms. The molecule has 1 fully saturated rings. The van der Waals surface area contributed by atoms with Gasteiger partial charge in [-0.25, -0.2) is 4.98 Å². The van der Waals surface area contributed by atoms with Crippen LogP contribution in [0, 0.1) is 5.92 Å². The molecule has 106 valence electrons. The first-order valence-corrected chi connectivity index (χ1v) is 6.98. The van der Waals surface area contributed by atoms with Crippen LogP contribution in [-0.4, -0.2) is 33.8 Å². The number of aromatic amines is 1.